The van der Waals surface area contributed by atoms with E-state index in [1.807, 2.05) is 26.0 Å². The lowest BCUT2D eigenvalue weighted by molar-refractivity contribution is -0.140. The number of fused-ring (bicyclic) bond motifs is 1. The zero-order chi connectivity index (χ0) is 24.3. The van der Waals surface area contributed by atoms with E-state index in [1.165, 1.54) is 23.1 Å². The Kier molecular flexibility index (Phi) is 7.58. The van der Waals surface area contributed by atoms with Crippen LogP contribution in [-0.2, 0) is 26.2 Å². The fourth-order valence-corrected chi connectivity index (χ4v) is 5.45. The molecule has 0 radical (unpaired) electrons. The summed E-state index contributed by atoms with van der Waals surface area (Å²) >= 11 is 3.39. The third-order valence-corrected chi connectivity index (χ3v) is 7.88. The third kappa shape index (κ3) is 5.27. The Bertz CT molecular complexity index is 1180. The Morgan fingerprint density at radius 1 is 1.12 bits per heavy atom. The summed E-state index contributed by atoms with van der Waals surface area (Å²) in [6.07, 6.45) is 0.719. The second-order valence-electron chi connectivity index (χ2n) is 7.96. The Hall–Kier alpha value is -2.72. The highest BCUT2D eigenvalue weighted by Gasteiger charge is 2.43. The topological polar surface area (TPSA) is 104 Å². The van der Waals surface area contributed by atoms with Crippen molar-refractivity contribution in [2.24, 2.45) is 0 Å². The number of amides is 3. The van der Waals surface area contributed by atoms with Gasteiger partial charge in [0.05, 0.1) is 5.56 Å². The van der Waals surface area contributed by atoms with Gasteiger partial charge < -0.3 is 10.2 Å². The lowest BCUT2D eigenvalue weighted by Crippen LogP contribution is -2.52. The highest BCUT2D eigenvalue weighted by atomic mass is 79.9. The van der Waals surface area contributed by atoms with E-state index in [2.05, 4.69) is 21.2 Å². The summed E-state index contributed by atoms with van der Waals surface area (Å²) in [5, 5.41) is 2.85. The molecular formula is C23H26BrN3O5S. The Labute approximate surface area is 202 Å². The normalized spacial score (nSPS) is 16.1. The van der Waals surface area contributed by atoms with Crippen LogP contribution in [0.5, 0.6) is 0 Å². The SMILES string of the molecule is CCC(C)NC(=O)C(C)N(Cc1cccc(Br)c1)C(=O)CN1C(=O)c2ccccc2S1(=O)=O. The average molecular weight is 536 g/mol. The summed E-state index contributed by atoms with van der Waals surface area (Å²) in [5.74, 6) is -1.75. The van der Waals surface area contributed by atoms with Gasteiger partial charge >= 0.3 is 0 Å². The molecule has 2 aromatic rings. The molecule has 176 valence electrons. The van der Waals surface area contributed by atoms with Crippen molar-refractivity contribution in [3.8, 4) is 0 Å². The van der Waals surface area contributed by atoms with E-state index in [-0.39, 0.29) is 29.0 Å². The smallest absolute Gasteiger partial charge is 0.269 e. The van der Waals surface area contributed by atoms with Gasteiger partial charge in [-0.15, -0.1) is 0 Å². The number of nitrogens with zero attached hydrogens (tertiary/aromatic N) is 2. The summed E-state index contributed by atoms with van der Waals surface area (Å²) < 4.78 is 27.2. The summed E-state index contributed by atoms with van der Waals surface area (Å²) in [5.41, 5.74) is 0.784. The van der Waals surface area contributed by atoms with Crippen molar-refractivity contribution >= 4 is 43.7 Å². The molecule has 0 saturated heterocycles. The van der Waals surface area contributed by atoms with Gasteiger partial charge in [0, 0.05) is 17.1 Å². The van der Waals surface area contributed by atoms with E-state index >= 15 is 0 Å². The predicted octanol–water partition coefficient (Wildman–Crippen LogP) is 2.93. The number of carbonyl (C=O) groups excluding carboxylic acids is 3. The quantitative estimate of drug-likeness (QED) is 0.559. The molecule has 1 N–H and O–H groups in total. The molecular weight excluding hydrogens is 510 g/mol. The molecule has 8 nitrogen and oxygen atoms in total. The van der Waals surface area contributed by atoms with Gasteiger partial charge in [-0.25, -0.2) is 12.7 Å². The molecule has 10 heteroatoms. The first-order valence-corrected chi connectivity index (χ1v) is 12.8. The van der Waals surface area contributed by atoms with Gasteiger partial charge in [0.1, 0.15) is 17.5 Å². The van der Waals surface area contributed by atoms with Crippen LogP contribution in [0.1, 0.15) is 43.1 Å². The van der Waals surface area contributed by atoms with E-state index in [0.717, 1.165) is 16.5 Å². The van der Waals surface area contributed by atoms with Crippen LogP contribution in [0.3, 0.4) is 0 Å². The molecule has 0 aliphatic carbocycles. The van der Waals surface area contributed by atoms with E-state index in [1.54, 1.807) is 25.1 Å². The maximum Gasteiger partial charge on any atom is 0.269 e. The number of carbonyl (C=O) groups is 3. The van der Waals surface area contributed by atoms with Crippen molar-refractivity contribution in [1.82, 2.24) is 14.5 Å². The van der Waals surface area contributed by atoms with Crippen LogP contribution in [0.25, 0.3) is 0 Å². The summed E-state index contributed by atoms with van der Waals surface area (Å²) in [6.45, 7) is 4.76. The first-order valence-electron chi connectivity index (χ1n) is 10.6. The molecule has 0 spiro atoms. The van der Waals surface area contributed by atoms with Gasteiger partial charge in [0.2, 0.25) is 11.8 Å². The number of hydrogen-bond acceptors (Lipinski definition) is 5. The lowest BCUT2D eigenvalue weighted by atomic mass is 10.1. The van der Waals surface area contributed by atoms with Crippen LogP contribution >= 0.6 is 15.9 Å². The van der Waals surface area contributed by atoms with Crippen LogP contribution in [-0.4, -0.2) is 54.0 Å². The molecule has 33 heavy (non-hydrogen) atoms. The minimum Gasteiger partial charge on any atom is -0.352 e. The Balaban J connectivity index is 1.89. The number of hydrogen-bond donors (Lipinski definition) is 1. The van der Waals surface area contributed by atoms with Crippen LogP contribution in [0.15, 0.2) is 57.9 Å². The van der Waals surface area contributed by atoms with Gasteiger partial charge in [-0.3, -0.25) is 14.4 Å². The number of nitrogens with one attached hydrogen (secondary N) is 1. The molecule has 1 aliphatic heterocycles. The van der Waals surface area contributed by atoms with Crippen molar-refractivity contribution in [3.63, 3.8) is 0 Å². The monoisotopic (exact) mass is 535 g/mol. The zero-order valence-electron chi connectivity index (χ0n) is 18.6. The maximum atomic E-state index is 13.4. The molecule has 0 aromatic heterocycles. The second kappa shape index (κ2) is 10.0. The van der Waals surface area contributed by atoms with Gasteiger partial charge in [0.25, 0.3) is 15.9 Å². The summed E-state index contributed by atoms with van der Waals surface area (Å²) in [4.78, 5) is 40.1. The molecule has 3 amide bonds. The number of sulfonamides is 1. The first-order chi connectivity index (χ1) is 15.6. The predicted molar refractivity (Wildman–Crippen MR) is 127 cm³/mol. The first kappa shape index (κ1) is 24.9. The maximum absolute atomic E-state index is 13.4. The zero-order valence-corrected chi connectivity index (χ0v) is 21.0. The molecule has 2 aromatic carbocycles. The van der Waals surface area contributed by atoms with Crippen molar-refractivity contribution in [2.75, 3.05) is 6.54 Å². The van der Waals surface area contributed by atoms with Crippen molar-refractivity contribution in [2.45, 2.75) is 50.7 Å². The van der Waals surface area contributed by atoms with Gasteiger partial charge in [-0.05, 0) is 50.1 Å². The van der Waals surface area contributed by atoms with Crippen molar-refractivity contribution in [3.05, 3.63) is 64.1 Å². The Morgan fingerprint density at radius 3 is 2.45 bits per heavy atom. The van der Waals surface area contributed by atoms with Crippen molar-refractivity contribution < 1.29 is 22.8 Å². The highest BCUT2D eigenvalue weighted by Crippen LogP contribution is 2.30. The van der Waals surface area contributed by atoms with E-state index < -0.39 is 34.4 Å². The van der Waals surface area contributed by atoms with Crippen LogP contribution in [0, 0.1) is 0 Å². The van der Waals surface area contributed by atoms with E-state index in [0.29, 0.717) is 4.31 Å². The molecule has 3 rings (SSSR count). The molecule has 0 bridgehead atoms. The minimum atomic E-state index is -4.14. The molecule has 0 saturated carbocycles. The Morgan fingerprint density at radius 2 is 1.82 bits per heavy atom. The fourth-order valence-electron chi connectivity index (χ4n) is 3.48. The molecule has 1 heterocycles. The minimum absolute atomic E-state index is 0.0337. The van der Waals surface area contributed by atoms with E-state index in [4.69, 9.17) is 0 Å². The standard InChI is InChI=1S/C23H26BrN3O5S/c1-4-15(2)25-22(29)16(3)26(13-17-8-7-9-18(24)12-17)21(28)14-27-23(30)19-10-5-6-11-20(19)33(27,31)32/h5-12,15-16H,4,13-14H2,1-3H3,(H,25,29). The summed E-state index contributed by atoms with van der Waals surface area (Å²) in [6, 6.07) is 12.1. The van der Waals surface area contributed by atoms with Crippen LogP contribution < -0.4 is 5.32 Å². The largest absolute Gasteiger partial charge is 0.352 e. The molecule has 2 atom stereocenters. The third-order valence-electron chi connectivity index (χ3n) is 5.60. The summed E-state index contributed by atoms with van der Waals surface area (Å²) in [7, 11) is -4.14. The molecule has 2 unspecified atom stereocenters. The van der Waals surface area contributed by atoms with Gasteiger partial charge in [-0.2, -0.15) is 0 Å². The molecule has 1 aliphatic rings. The number of halogens is 1. The molecule has 0 fully saturated rings. The fraction of sp³-hybridized carbons (Fsp3) is 0.348. The number of benzene rings is 2. The lowest BCUT2D eigenvalue weighted by Gasteiger charge is -2.31. The van der Waals surface area contributed by atoms with Crippen LogP contribution in [0.2, 0.25) is 0 Å². The van der Waals surface area contributed by atoms with E-state index in [9.17, 15) is 22.8 Å². The highest BCUT2D eigenvalue weighted by molar-refractivity contribution is 9.10. The van der Waals surface area contributed by atoms with Gasteiger partial charge in [-0.1, -0.05) is 47.1 Å². The van der Waals surface area contributed by atoms with Gasteiger partial charge in [0.15, 0.2) is 0 Å². The number of rotatable bonds is 8. The average Bonchev–Trinajstić information content (AvgIpc) is 2.97. The second-order valence-corrected chi connectivity index (χ2v) is 10.7. The van der Waals surface area contributed by atoms with Crippen LogP contribution in [0.4, 0.5) is 0 Å². The van der Waals surface area contributed by atoms with Crippen molar-refractivity contribution in [1.29, 1.82) is 0 Å².